The molecule has 178 valence electrons. The zero-order valence-corrected chi connectivity index (χ0v) is 21.3. The van der Waals surface area contributed by atoms with Crippen molar-refractivity contribution in [2.45, 2.75) is 6.61 Å². The van der Waals surface area contributed by atoms with Gasteiger partial charge in [-0.05, 0) is 71.9 Å². The minimum atomic E-state index is -1.01. The van der Waals surface area contributed by atoms with E-state index in [1.165, 1.54) is 28.8 Å². The van der Waals surface area contributed by atoms with Crippen LogP contribution in [0.15, 0.2) is 70.6 Å². The van der Waals surface area contributed by atoms with Crippen LogP contribution in [0.25, 0.3) is 6.08 Å². The van der Waals surface area contributed by atoms with E-state index in [4.69, 9.17) is 44.6 Å². The summed E-state index contributed by atoms with van der Waals surface area (Å²) < 4.78 is 5.80. The van der Waals surface area contributed by atoms with Crippen molar-refractivity contribution in [2.24, 2.45) is 4.99 Å². The lowest BCUT2D eigenvalue weighted by atomic mass is 10.2. The van der Waals surface area contributed by atoms with E-state index < -0.39 is 5.97 Å². The number of carboxylic acid groups (broad SMARTS) is 1. The molecule has 6 nitrogen and oxygen atoms in total. The third kappa shape index (κ3) is 6.00. The van der Waals surface area contributed by atoms with Gasteiger partial charge in [0.25, 0.3) is 5.91 Å². The van der Waals surface area contributed by atoms with Gasteiger partial charge in [-0.25, -0.2) is 9.79 Å². The number of aliphatic imine (C=N–C) groups is 1. The van der Waals surface area contributed by atoms with Crippen molar-refractivity contribution < 1.29 is 19.4 Å². The molecule has 35 heavy (non-hydrogen) atoms. The van der Waals surface area contributed by atoms with E-state index in [0.717, 1.165) is 11.1 Å². The van der Waals surface area contributed by atoms with Gasteiger partial charge in [-0.3, -0.25) is 9.69 Å². The van der Waals surface area contributed by atoms with Crippen molar-refractivity contribution in [3.05, 3.63) is 97.3 Å². The topological polar surface area (TPSA) is 79.2 Å². The zero-order valence-electron chi connectivity index (χ0n) is 18.2. The molecule has 0 aliphatic carbocycles. The molecule has 3 aromatic rings. The van der Waals surface area contributed by atoms with Crippen LogP contribution in [-0.4, -0.2) is 34.1 Å². The van der Waals surface area contributed by atoms with Gasteiger partial charge < -0.3 is 9.84 Å². The third-order valence-corrected chi connectivity index (χ3v) is 6.94. The number of aromatic carboxylic acids is 1. The monoisotopic (exact) mass is 546 g/mol. The first-order valence-electron chi connectivity index (χ1n) is 10.2. The van der Waals surface area contributed by atoms with E-state index >= 15 is 0 Å². The first-order chi connectivity index (χ1) is 16.7. The number of carboxylic acids is 1. The molecular formula is C25H17Cl3N2O4S. The molecule has 0 saturated carbocycles. The van der Waals surface area contributed by atoms with Gasteiger partial charge in [-0.2, -0.15) is 0 Å². The van der Waals surface area contributed by atoms with Crippen LogP contribution >= 0.6 is 46.6 Å². The maximum absolute atomic E-state index is 12.7. The molecule has 1 saturated heterocycles. The van der Waals surface area contributed by atoms with Crippen molar-refractivity contribution >= 4 is 75.4 Å². The number of likely N-dealkylation sites (N-methyl/N-ethyl adjacent to an activating group) is 1. The third-order valence-electron chi connectivity index (χ3n) is 4.99. The predicted molar refractivity (Wildman–Crippen MR) is 141 cm³/mol. The lowest BCUT2D eigenvalue weighted by Crippen LogP contribution is -2.23. The smallest absolute Gasteiger partial charge is 0.335 e. The van der Waals surface area contributed by atoms with Crippen LogP contribution in [-0.2, 0) is 11.4 Å². The van der Waals surface area contributed by atoms with Gasteiger partial charge in [-0.1, -0.05) is 46.9 Å². The van der Waals surface area contributed by atoms with Crippen LogP contribution in [0, 0.1) is 0 Å². The Morgan fingerprint density at radius 1 is 1.06 bits per heavy atom. The average molecular weight is 548 g/mol. The average Bonchev–Trinajstić information content (AvgIpc) is 3.07. The Labute approximate surface area is 220 Å². The molecule has 10 heteroatoms. The highest BCUT2D eigenvalue weighted by molar-refractivity contribution is 8.18. The molecule has 0 unspecified atom stereocenters. The summed E-state index contributed by atoms with van der Waals surface area (Å²) in [4.78, 5) is 30.1. The Morgan fingerprint density at radius 3 is 2.46 bits per heavy atom. The van der Waals surface area contributed by atoms with Gasteiger partial charge in [0.2, 0.25) is 0 Å². The van der Waals surface area contributed by atoms with E-state index in [0.29, 0.717) is 36.6 Å². The molecule has 1 heterocycles. The van der Waals surface area contributed by atoms with E-state index in [1.807, 2.05) is 0 Å². The van der Waals surface area contributed by atoms with Gasteiger partial charge in [0.05, 0.1) is 21.2 Å². The molecule has 0 radical (unpaired) electrons. The SMILES string of the molecule is CN1C(=O)/C(=C/c2ccc(OCc3ccc(Cl)cc3Cl)c(Cl)c2)SC1=Nc1ccc(C(=O)O)cc1. The van der Waals surface area contributed by atoms with Gasteiger partial charge in [0.15, 0.2) is 5.17 Å². The fourth-order valence-corrected chi connectivity index (χ4v) is 4.80. The first kappa shape index (κ1) is 25.1. The first-order valence-corrected chi connectivity index (χ1v) is 12.1. The summed E-state index contributed by atoms with van der Waals surface area (Å²) in [5.74, 6) is -0.736. The van der Waals surface area contributed by atoms with Gasteiger partial charge in [0.1, 0.15) is 12.4 Å². The fourth-order valence-electron chi connectivity index (χ4n) is 3.11. The number of hydrogen-bond acceptors (Lipinski definition) is 5. The highest BCUT2D eigenvalue weighted by Gasteiger charge is 2.30. The number of rotatable bonds is 6. The normalized spacial score (nSPS) is 15.8. The van der Waals surface area contributed by atoms with E-state index in [9.17, 15) is 9.59 Å². The Hall–Kier alpha value is -2.97. The molecular weight excluding hydrogens is 531 g/mol. The quantitative estimate of drug-likeness (QED) is 0.331. The molecule has 0 spiro atoms. The minimum Gasteiger partial charge on any atom is -0.487 e. The van der Waals surface area contributed by atoms with Crippen molar-refractivity contribution in [3.63, 3.8) is 0 Å². The Morgan fingerprint density at radius 2 is 1.80 bits per heavy atom. The van der Waals surface area contributed by atoms with Crippen LogP contribution in [0.4, 0.5) is 5.69 Å². The summed E-state index contributed by atoms with van der Waals surface area (Å²) in [6.07, 6.45) is 1.73. The summed E-state index contributed by atoms with van der Waals surface area (Å²) in [6, 6.07) is 16.5. The summed E-state index contributed by atoms with van der Waals surface area (Å²) in [5, 5.41) is 10.9. The standard InChI is InChI=1S/C25H17Cl3N2O4S/c1-30-23(31)22(35-25(30)29-18-7-4-15(5-8-18)24(32)33)11-14-2-9-21(20(28)10-14)34-13-16-3-6-17(26)12-19(16)27/h2-12H,13H2,1H3,(H,32,33)/b22-11-,29-25?. The van der Waals surface area contributed by atoms with Gasteiger partial charge in [0, 0.05) is 22.7 Å². The molecule has 0 aromatic heterocycles. The number of benzene rings is 3. The highest BCUT2D eigenvalue weighted by atomic mass is 35.5. The van der Waals surface area contributed by atoms with Crippen LogP contribution in [0.2, 0.25) is 15.1 Å². The largest absolute Gasteiger partial charge is 0.487 e. The maximum Gasteiger partial charge on any atom is 0.335 e. The van der Waals surface area contributed by atoms with Gasteiger partial charge in [-0.15, -0.1) is 0 Å². The molecule has 1 N–H and O–H groups in total. The molecule has 1 aliphatic rings. The zero-order chi connectivity index (χ0) is 25.1. The van der Waals surface area contributed by atoms with Crippen LogP contribution < -0.4 is 4.74 Å². The number of ether oxygens (including phenoxy) is 1. The number of hydrogen-bond donors (Lipinski definition) is 1. The van der Waals surface area contributed by atoms with Crippen molar-refractivity contribution in [3.8, 4) is 5.75 Å². The highest BCUT2D eigenvalue weighted by Crippen LogP contribution is 2.35. The number of carbonyl (C=O) groups excluding carboxylic acids is 1. The van der Waals surface area contributed by atoms with Crippen molar-refractivity contribution in [2.75, 3.05) is 7.05 Å². The van der Waals surface area contributed by atoms with Crippen molar-refractivity contribution in [1.82, 2.24) is 4.90 Å². The number of halogens is 3. The predicted octanol–water partition coefficient (Wildman–Crippen LogP) is 7.16. The lowest BCUT2D eigenvalue weighted by Gasteiger charge is -2.10. The Kier molecular flexibility index (Phi) is 7.72. The van der Waals surface area contributed by atoms with E-state index in [-0.39, 0.29) is 18.1 Å². The van der Waals surface area contributed by atoms with E-state index in [1.54, 1.807) is 61.7 Å². The molecule has 0 bridgehead atoms. The number of thioether (sulfide) groups is 1. The Bertz CT molecular complexity index is 1370. The molecule has 1 amide bonds. The fraction of sp³-hybridized carbons (Fsp3) is 0.0800. The van der Waals surface area contributed by atoms with E-state index in [2.05, 4.69) is 4.99 Å². The second-order valence-electron chi connectivity index (χ2n) is 7.44. The van der Waals surface area contributed by atoms with Crippen LogP contribution in [0.5, 0.6) is 5.75 Å². The Balaban J connectivity index is 1.48. The lowest BCUT2D eigenvalue weighted by molar-refractivity contribution is -0.121. The summed E-state index contributed by atoms with van der Waals surface area (Å²) in [6.45, 7) is 0.225. The molecule has 1 fully saturated rings. The van der Waals surface area contributed by atoms with Crippen LogP contribution in [0.3, 0.4) is 0 Å². The maximum atomic E-state index is 12.7. The second kappa shape index (κ2) is 10.7. The van der Waals surface area contributed by atoms with Crippen molar-refractivity contribution in [1.29, 1.82) is 0 Å². The molecule has 4 rings (SSSR count). The summed E-state index contributed by atoms with van der Waals surface area (Å²) in [7, 11) is 1.63. The number of nitrogens with zero attached hydrogens (tertiary/aromatic N) is 2. The number of amidine groups is 1. The summed E-state index contributed by atoms with van der Waals surface area (Å²) in [5.41, 5.74) is 2.21. The molecule has 0 atom stereocenters. The molecule has 3 aromatic carbocycles. The number of carbonyl (C=O) groups is 2. The van der Waals surface area contributed by atoms with Gasteiger partial charge >= 0.3 is 5.97 Å². The minimum absolute atomic E-state index is 0.165. The molecule has 1 aliphatic heterocycles. The number of amides is 1. The van der Waals surface area contributed by atoms with Crippen LogP contribution in [0.1, 0.15) is 21.5 Å². The summed E-state index contributed by atoms with van der Waals surface area (Å²) >= 11 is 19.7. The second-order valence-corrected chi connectivity index (χ2v) is 9.70.